The maximum atomic E-state index is 12.5. The van der Waals surface area contributed by atoms with Crippen LogP contribution in [0.2, 0.25) is 0 Å². The highest BCUT2D eigenvalue weighted by molar-refractivity contribution is 5.81. The van der Waals surface area contributed by atoms with Crippen LogP contribution in [0, 0.1) is 11.8 Å². The summed E-state index contributed by atoms with van der Waals surface area (Å²) >= 11 is 0. The highest BCUT2D eigenvalue weighted by atomic mass is 16.2. The standard InChI is InChI=1S/C17H29N3O2/c21-16(6-5-14-7-8-18-12-14)20-11-3-4-15(13-20)17(22)19-9-1-2-10-19/h14-15,18H,1-13H2. The van der Waals surface area contributed by atoms with Crippen molar-refractivity contribution in [3.63, 3.8) is 0 Å². The first-order valence-corrected chi connectivity index (χ1v) is 9.01. The molecule has 3 heterocycles. The summed E-state index contributed by atoms with van der Waals surface area (Å²) in [7, 11) is 0. The first-order valence-electron chi connectivity index (χ1n) is 9.01. The predicted molar refractivity (Wildman–Crippen MR) is 85.3 cm³/mol. The quantitative estimate of drug-likeness (QED) is 0.850. The Morgan fingerprint density at radius 1 is 1.00 bits per heavy atom. The fourth-order valence-corrected chi connectivity index (χ4v) is 4.05. The van der Waals surface area contributed by atoms with Crippen LogP contribution in [0.1, 0.15) is 44.9 Å². The molecule has 3 rings (SSSR count). The molecule has 5 heteroatoms. The number of carbonyl (C=O) groups is 2. The van der Waals surface area contributed by atoms with Gasteiger partial charge in [0.1, 0.15) is 0 Å². The molecular weight excluding hydrogens is 278 g/mol. The lowest BCUT2D eigenvalue weighted by Gasteiger charge is -2.34. The molecular formula is C17H29N3O2. The molecule has 0 saturated carbocycles. The van der Waals surface area contributed by atoms with Gasteiger partial charge in [0.15, 0.2) is 0 Å². The predicted octanol–water partition coefficient (Wildman–Crippen LogP) is 1.24. The fourth-order valence-electron chi connectivity index (χ4n) is 4.05. The van der Waals surface area contributed by atoms with Crippen LogP contribution in [0.5, 0.6) is 0 Å². The van der Waals surface area contributed by atoms with Gasteiger partial charge >= 0.3 is 0 Å². The van der Waals surface area contributed by atoms with Gasteiger partial charge in [0.25, 0.3) is 0 Å². The SMILES string of the molecule is O=C(CCC1CCNC1)N1CCCC(C(=O)N2CCCC2)C1. The van der Waals surface area contributed by atoms with Crippen LogP contribution in [-0.4, -0.2) is 60.9 Å². The molecule has 0 aromatic rings. The van der Waals surface area contributed by atoms with E-state index in [0.717, 1.165) is 64.8 Å². The van der Waals surface area contributed by atoms with Crippen molar-refractivity contribution in [1.82, 2.24) is 15.1 Å². The Balaban J connectivity index is 1.46. The normalized spacial score (nSPS) is 29.1. The summed E-state index contributed by atoms with van der Waals surface area (Å²) in [6, 6.07) is 0. The summed E-state index contributed by atoms with van der Waals surface area (Å²) in [5.74, 6) is 1.25. The first-order chi connectivity index (χ1) is 10.7. The molecule has 3 aliphatic rings. The van der Waals surface area contributed by atoms with Crippen molar-refractivity contribution >= 4 is 11.8 Å². The Hall–Kier alpha value is -1.10. The molecule has 3 saturated heterocycles. The fraction of sp³-hybridized carbons (Fsp3) is 0.882. The summed E-state index contributed by atoms with van der Waals surface area (Å²) < 4.78 is 0. The van der Waals surface area contributed by atoms with Crippen LogP contribution in [0.15, 0.2) is 0 Å². The molecule has 0 aliphatic carbocycles. The van der Waals surface area contributed by atoms with E-state index in [-0.39, 0.29) is 17.7 Å². The van der Waals surface area contributed by atoms with Gasteiger partial charge in [-0.25, -0.2) is 0 Å². The maximum Gasteiger partial charge on any atom is 0.227 e. The van der Waals surface area contributed by atoms with E-state index in [9.17, 15) is 9.59 Å². The van der Waals surface area contributed by atoms with Gasteiger partial charge in [0.05, 0.1) is 5.92 Å². The lowest BCUT2D eigenvalue weighted by Crippen LogP contribution is -2.46. The Kier molecular flexibility index (Phi) is 5.34. The third-order valence-electron chi connectivity index (χ3n) is 5.47. The molecule has 0 aromatic carbocycles. The van der Waals surface area contributed by atoms with E-state index in [2.05, 4.69) is 5.32 Å². The molecule has 5 nitrogen and oxygen atoms in total. The van der Waals surface area contributed by atoms with Crippen LogP contribution in [0.4, 0.5) is 0 Å². The van der Waals surface area contributed by atoms with E-state index in [1.54, 1.807) is 0 Å². The van der Waals surface area contributed by atoms with Crippen LogP contribution < -0.4 is 5.32 Å². The molecule has 2 amide bonds. The van der Waals surface area contributed by atoms with Crippen molar-refractivity contribution in [2.45, 2.75) is 44.9 Å². The zero-order valence-electron chi connectivity index (χ0n) is 13.6. The van der Waals surface area contributed by atoms with Gasteiger partial charge in [-0.1, -0.05) is 0 Å². The number of amides is 2. The molecule has 1 N–H and O–H groups in total. The van der Waals surface area contributed by atoms with Crippen molar-refractivity contribution in [1.29, 1.82) is 0 Å². The van der Waals surface area contributed by atoms with Crippen LogP contribution >= 0.6 is 0 Å². The van der Waals surface area contributed by atoms with Crippen molar-refractivity contribution < 1.29 is 9.59 Å². The van der Waals surface area contributed by atoms with Crippen LogP contribution in [0.3, 0.4) is 0 Å². The van der Waals surface area contributed by atoms with E-state index >= 15 is 0 Å². The summed E-state index contributed by atoms with van der Waals surface area (Å²) in [5.41, 5.74) is 0. The number of piperidine rings is 1. The van der Waals surface area contributed by atoms with Gasteiger partial charge in [-0.2, -0.15) is 0 Å². The maximum absolute atomic E-state index is 12.5. The number of nitrogens with zero attached hydrogens (tertiary/aromatic N) is 2. The summed E-state index contributed by atoms with van der Waals surface area (Å²) in [5, 5.41) is 3.35. The number of carbonyl (C=O) groups excluding carboxylic acids is 2. The largest absolute Gasteiger partial charge is 0.342 e. The smallest absolute Gasteiger partial charge is 0.227 e. The Morgan fingerprint density at radius 3 is 2.50 bits per heavy atom. The van der Waals surface area contributed by atoms with Gasteiger partial charge in [0, 0.05) is 32.6 Å². The van der Waals surface area contributed by atoms with Gasteiger partial charge in [0.2, 0.25) is 11.8 Å². The second-order valence-electron chi connectivity index (χ2n) is 7.11. The Morgan fingerprint density at radius 2 is 1.77 bits per heavy atom. The summed E-state index contributed by atoms with van der Waals surface area (Å²) in [6.45, 7) is 5.47. The summed E-state index contributed by atoms with van der Waals surface area (Å²) in [4.78, 5) is 28.9. The van der Waals surface area contributed by atoms with Gasteiger partial charge in [-0.15, -0.1) is 0 Å². The molecule has 3 fully saturated rings. The number of likely N-dealkylation sites (tertiary alicyclic amines) is 2. The topological polar surface area (TPSA) is 52.7 Å². The minimum absolute atomic E-state index is 0.0453. The Labute approximate surface area is 133 Å². The molecule has 0 spiro atoms. The average Bonchev–Trinajstić information content (AvgIpc) is 3.25. The molecule has 0 bridgehead atoms. The third kappa shape index (κ3) is 3.80. The van der Waals surface area contributed by atoms with Crippen molar-refractivity contribution in [2.75, 3.05) is 39.3 Å². The number of hydrogen-bond donors (Lipinski definition) is 1. The zero-order chi connectivity index (χ0) is 15.4. The lowest BCUT2D eigenvalue weighted by atomic mass is 9.95. The number of nitrogens with one attached hydrogen (secondary N) is 1. The van der Waals surface area contributed by atoms with E-state index in [1.807, 2.05) is 9.80 Å². The van der Waals surface area contributed by atoms with E-state index < -0.39 is 0 Å². The lowest BCUT2D eigenvalue weighted by molar-refractivity contribution is -0.140. The van der Waals surface area contributed by atoms with E-state index in [0.29, 0.717) is 18.9 Å². The number of rotatable bonds is 4. The highest BCUT2D eigenvalue weighted by Crippen LogP contribution is 2.23. The van der Waals surface area contributed by atoms with Crippen molar-refractivity contribution in [3.8, 4) is 0 Å². The van der Waals surface area contributed by atoms with Crippen molar-refractivity contribution in [2.24, 2.45) is 11.8 Å². The second kappa shape index (κ2) is 7.44. The van der Waals surface area contributed by atoms with E-state index in [4.69, 9.17) is 0 Å². The van der Waals surface area contributed by atoms with Gasteiger partial charge in [-0.05, 0) is 57.5 Å². The monoisotopic (exact) mass is 307 g/mol. The number of hydrogen-bond acceptors (Lipinski definition) is 3. The third-order valence-corrected chi connectivity index (χ3v) is 5.47. The van der Waals surface area contributed by atoms with Crippen molar-refractivity contribution in [3.05, 3.63) is 0 Å². The molecule has 2 unspecified atom stereocenters. The summed E-state index contributed by atoms with van der Waals surface area (Å²) in [6.07, 6.45) is 7.03. The molecule has 2 atom stereocenters. The van der Waals surface area contributed by atoms with Crippen LogP contribution in [0.25, 0.3) is 0 Å². The minimum atomic E-state index is 0.0453. The first kappa shape index (κ1) is 15.8. The molecule has 124 valence electrons. The Bertz CT molecular complexity index is 401. The molecule has 0 radical (unpaired) electrons. The van der Waals surface area contributed by atoms with Gasteiger partial charge in [-0.3, -0.25) is 9.59 Å². The molecule has 22 heavy (non-hydrogen) atoms. The molecule has 3 aliphatic heterocycles. The molecule has 0 aromatic heterocycles. The van der Waals surface area contributed by atoms with Gasteiger partial charge < -0.3 is 15.1 Å². The van der Waals surface area contributed by atoms with Crippen LogP contribution in [-0.2, 0) is 9.59 Å². The van der Waals surface area contributed by atoms with E-state index in [1.165, 1.54) is 6.42 Å². The highest BCUT2D eigenvalue weighted by Gasteiger charge is 2.32. The zero-order valence-corrected chi connectivity index (χ0v) is 13.6. The second-order valence-corrected chi connectivity index (χ2v) is 7.11. The minimum Gasteiger partial charge on any atom is -0.342 e. The average molecular weight is 307 g/mol.